The van der Waals surface area contributed by atoms with Crippen molar-refractivity contribution in [3.63, 3.8) is 0 Å². The first-order valence-electron chi connectivity index (χ1n) is 8.34. The molecule has 0 fully saturated rings. The topological polar surface area (TPSA) is 47.6 Å². The van der Waals surface area contributed by atoms with Crippen molar-refractivity contribution >= 4 is 17.7 Å². The minimum absolute atomic E-state index is 0.0563. The highest BCUT2D eigenvalue weighted by molar-refractivity contribution is 8.00. The molecule has 1 atom stereocenters. The minimum atomic E-state index is -0.139. The number of aryl methyl sites for hydroxylation is 1. The van der Waals surface area contributed by atoms with Gasteiger partial charge in [-0.2, -0.15) is 0 Å². The van der Waals surface area contributed by atoms with Crippen molar-refractivity contribution in [2.24, 2.45) is 0 Å². The van der Waals surface area contributed by atoms with Gasteiger partial charge in [-0.1, -0.05) is 18.2 Å². The van der Waals surface area contributed by atoms with E-state index in [0.29, 0.717) is 6.54 Å². The zero-order valence-corrected chi connectivity index (χ0v) is 15.8. The molecule has 4 nitrogen and oxygen atoms in total. The lowest BCUT2D eigenvalue weighted by Crippen LogP contribution is -2.31. The molecule has 0 heterocycles. The Balaban J connectivity index is 1.73. The second-order valence-electron chi connectivity index (χ2n) is 5.64. The van der Waals surface area contributed by atoms with Crippen molar-refractivity contribution in [3.05, 3.63) is 54.1 Å². The van der Waals surface area contributed by atoms with Crippen LogP contribution < -0.4 is 14.8 Å². The number of nitrogens with one attached hydrogen (secondary N) is 1. The quantitative estimate of drug-likeness (QED) is 0.544. The summed E-state index contributed by atoms with van der Waals surface area (Å²) in [6.45, 7) is 2.58. The molecule has 1 N–H and O–H groups in total. The van der Waals surface area contributed by atoms with Gasteiger partial charge in [-0.25, -0.2) is 0 Å². The van der Waals surface area contributed by atoms with E-state index < -0.39 is 0 Å². The highest BCUT2D eigenvalue weighted by Crippen LogP contribution is 2.25. The molecule has 0 aliphatic heterocycles. The van der Waals surface area contributed by atoms with Crippen LogP contribution in [0.3, 0.4) is 0 Å². The van der Waals surface area contributed by atoms with E-state index >= 15 is 0 Å². The number of thioether (sulfide) groups is 1. The molecule has 2 rings (SSSR count). The SMILES string of the molecule is COc1ccc(S[C@H](C)C(=O)NCCCc2ccccc2OC)cc1. The predicted octanol–water partition coefficient (Wildman–Crippen LogP) is 3.93. The Hall–Kier alpha value is -2.14. The van der Waals surface area contributed by atoms with Gasteiger partial charge in [0.1, 0.15) is 11.5 Å². The smallest absolute Gasteiger partial charge is 0.233 e. The van der Waals surface area contributed by atoms with Gasteiger partial charge in [0.15, 0.2) is 0 Å². The lowest BCUT2D eigenvalue weighted by Gasteiger charge is -2.13. The molecule has 0 saturated heterocycles. The first kappa shape index (κ1) is 19.2. The Morgan fingerprint density at radius 2 is 1.80 bits per heavy atom. The molecule has 2 aromatic rings. The molecule has 0 unspecified atom stereocenters. The summed E-state index contributed by atoms with van der Waals surface area (Å²) < 4.78 is 10.5. The minimum Gasteiger partial charge on any atom is -0.497 e. The average molecular weight is 359 g/mol. The number of amides is 1. The zero-order valence-electron chi connectivity index (χ0n) is 15.0. The summed E-state index contributed by atoms with van der Waals surface area (Å²) in [6.07, 6.45) is 1.76. The number of hydrogen-bond donors (Lipinski definition) is 1. The number of rotatable bonds is 9. The maximum atomic E-state index is 12.2. The molecule has 0 spiro atoms. The molecule has 0 radical (unpaired) electrons. The van der Waals surface area contributed by atoms with Crippen LogP contribution in [0.25, 0.3) is 0 Å². The predicted molar refractivity (Wildman–Crippen MR) is 103 cm³/mol. The van der Waals surface area contributed by atoms with Crippen LogP contribution in [0.1, 0.15) is 18.9 Å². The van der Waals surface area contributed by atoms with Gasteiger partial charge in [0.2, 0.25) is 5.91 Å². The van der Waals surface area contributed by atoms with Crippen LogP contribution in [0.2, 0.25) is 0 Å². The maximum Gasteiger partial charge on any atom is 0.233 e. The van der Waals surface area contributed by atoms with Crippen molar-refractivity contribution < 1.29 is 14.3 Å². The number of benzene rings is 2. The fourth-order valence-electron chi connectivity index (χ4n) is 2.46. The molecule has 134 valence electrons. The number of carbonyl (C=O) groups is 1. The Bertz CT molecular complexity index is 673. The van der Waals surface area contributed by atoms with E-state index in [1.54, 1.807) is 26.0 Å². The Morgan fingerprint density at radius 3 is 2.48 bits per heavy atom. The lowest BCUT2D eigenvalue weighted by atomic mass is 10.1. The van der Waals surface area contributed by atoms with Gasteiger partial charge in [0.05, 0.1) is 19.5 Å². The molecule has 1 amide bonds. The van der Waals surface area contributed by atoms with Crippen LogP contribution in [0, 0.1) is 0 Å². The standard InChI is InChI=1S/C20H25NO3S/c1-15(25-18-12-10-17(23-2)11-13-18)20(22)21-14-6-8-16-7-4-5-9-19(16)24-3/h4-5,7,9-13,15H,6,8,14H2,1-3H3,(H,21,22)/t15-/m1/s1. The molecule has 2 aromatic carbocycles. The zero-order chi connectivity index (χ0) is 18.1. The molecule has 5 heteroatoms. The first-order valence-corrected chi connectivity index (χ1v) is 9.22. The van der Waals surface area contributed by atoms with E-state index in [4.69, 9.17) is 9.47 Å². The van der Waals surface area contributed by atoms with E-state index in [-0.39, 0.29) is 11.2 Å². The van der Waals surface area contributed by atoms with Crippen molar-refractivity contribution in [2.75, 3.05) is 20.8 Å². The van der Waals surface area contributed by atoms with Crippen LogP contribution in [0.5, 0.6) is 11.5 Å². The number of ether oxygens (including phenoxy) is 2. The third-order valence-electron chi connectivity index (χ3n) is 3.86. The molecular formula is C20H25NO3S. The highest BCUT2D eigenvalue weighted by atomic mass is 32.2. The fraction of sp³-hybridized carbons (Fsp3) is 0.350. The monoisotopic (exact) mass is 359 g/mol. The van der Waals surface area contributed by atoms with Crippen molar-refractivity contribution in [3.8, 4) is 11.5 Å². The summed E-state index contributed by atoms with van der Waals surface area (Å²) in [5.74, 6) is 1.77. The second kappa shape index (κ2) is 9.99. The third kappa shape index (κ3) is 6.02. The van der Waals surface area contributed by atoms with Gasteiger partial charge in [0, 0.05) is 11.4 Å². The van der Waals surface area contributed by atoms with Crippen LogP contribution in [-0.4, -0.2) is 31.9 Å². The van der Waals surface area contributed by atoms with Crippen LogP contribution in [0.15, 0.2) is 53.4 Å². The van der Waals surface area contributed by atoms with E-state index in [0.717, 1.165) is 29.2 Å². The van der Waals surface area contributed by atoms with Gasteiger partial charge in [0.25, 0.3) is 0 Å². The number of para-hydroxylation sites is 1. The Kier molecular flexibility index (Phi) is 7.67. The fourth-order valence-corrected chi connectivity index (χ4v) is 3.35. The van der Waals surface area contributed by atoms with Gasteiger partial charge in [-0.3, -0.25) is 4.79 Å². The molecule has 0 bridgehead atoms. The Morgan fingerprint density at radius 1 is 1.08 bits per heavy atom. The van der Waals surface area contributed by atoms with E-state index in [9.17, 15) is 4.79 Å². The number of methoxy groups -OCH3 is 2. The molecule has 0 saturated carbocycles. The summed E-state index contributed by atoms with van der Waals surface area (Å²) >= 11 is 1.54. The maximum absolute atomic E-state index is 12.2. The molecule has 0 aliphatic carbocycles. The van der Waals surface area contributed by atoms with Crippen molar-refractivity contribution in [1.29, 1.82) is 0 Å². The summed E-state index contributed by atoms with van der Waals surface area (Å²) in [5.41, 5.74) is 1.17. The summed E-state index contributed by atoms with van der Waals surface area (Å²) in [4.78, 5) is 13.3. The van der Waals surface area contributed by atoms with Crippen LogP contribution >= 0.6 is 11.8 Å². The lowest BCUT2D eigenvalue weighted by molar-refractivity contribution is -0.120. The van der Waals surface area contributed by atoms with Gasteiger partial charge in [-0.15, -0.1) is 11.8 Å². The van der Waals surface area contributed by atoms with Crippen molar-refractivity contribution in [1.82, 2.24) is 5.32 Å². The second-order valence-corrected chi connectivity index (χ2v) is 7.06. The molecule has 0 aromatic heterocycles. The summed E-state index contributed by atoms with van der Waals surface area (Å²) in [5, 5.41) is 2.87. The van der Waals surface area contributed by atoms with Crippen molar-refractivity contribution in [2.45, 2.75) is 29.9 Å². The van der Waals surface area contributed by atoms with Crippen LogP contribution in [0.4, 0.5) is 0 Å². The first-order chi connectivity index (χ1) is 12.1. The molecular weight excluding hydrogens is 334 g/mol. The summed E-state index contributed by atoms with van der Waals surface area (Å²) in [7, 11) is 3.32. The third-order valence-corrected chi connectivity index (χ3v) is 4.97. The van der Waals surface area contributed by atoms with Gasteiger partial charge in [-0.05, 0) is 55.7 Å². The number of carbonyl (C=O) groups excluding carboxylic acids is 1. The van der Waals surface area contributed by atoms with E-state index in [1.807, 2.05) is 49.4 Å². The van der Waals surface area contributed by atoms with Gasteiger partial charge >= 0.3 is 0 Å². The Labute approximate surface area is 153 Å². The highest BCUT2D eigenvalue weighted by Gasteiger charge is 2.14. The van der Waals surface area contributed by atoms with Gasteiger partial charge < -0.3 is 14.8 Å². The largest absolute Gasteiger partial charge is 0.497 e. The average Bonchev–Trinajstić information content (AvgIpc) is 2.65. The van der Waals surface area contributed by atoms with E-state index in [1.165, 1.54) is 5.56 Å². The molecule has 25 heavy (non-hydrogen) atoms. The number of hydrogen-bond acceptors (Lipinski definition) is 4. The normalized spacial score (nSPS) is 11.6. The summed E-state index contributed by atoms with van der Waals surface area (Å²) in [6, 6.07) is 15.7. The molecule has 0 aliphatic rings. The van der Waals surface area contributed by atoms with E-state index in [2.05, 4.69) is 11.4 Å². The van der Waals surface area contributed by atoms with Crippen LogP contribution in [-0.2, 0) is 11.2 Å².